The first-order valence-corrected chi connectivity index (χ1v) is 7.72. The maximum absolute atomic E-state index is 12.6. The van der Waals surface area contributed by atoms with E-state index in [-0.39, 0.29) is 18.5 Å². The number of amides is 1. The molecule has 1 amide bonds. The highest BCUT2D eigenvalue weighted by Gasteiger charge is 2.37. The number of fused-ring (bicyclic) bond motifs is 1. The fraction of sp³-hybridized carbons (Fsp3) is 0.312. The minimum atomic E-state index is -0.550. The Bertz CT molecular complexity index is 791. The summed E-state index contributed by atoms with van der Waals surface area (Å²) in [4.78, 5) is 26.9. The predicted octanol–water partition coefficient (Wildman–Crippen LogP) is 0.997. The van der Waals surface area contributed by atoms with Gasteiger partial charge in [0.05, 0.1) is 14.2 Å². The van der Waals surface area contributed by atoms with Crippen LogP contribution in [0.25, 0.3) is 6.08 Å². The SMILES string of the molecule is COC(=O)CN1C(=O)/C(=C/c2cc3c(cc2OC)OCO3)N(C)C1=S. The van der Waals surface area contributed by atoms with Gasteiger partial charge in [-0.15, -0.1) is 0 Å². The van der Waals surface area contributed by atoms with Gasteiger partial charge in [0.2, 0.25) is 6.79 Å². The van der Waals surface area contributed by atoms with Crippen LogP contribution in [0.5, 0.6) is 17.2 Å². The number of methoxy groups -OCH3 is 2. The van der Waals surface area contributed by atoms with Crippen LogP contribution in [0, 0.1) is 0 Å². The quantitative estimate of drug-likeness (QED) is 0.445. The second-order valence-corrected chi connectivity index (χ2v) is 5.65. The van der Waals surface area contributed by atoms with Gasteiger partial charge in [-0.3, -0.25) is 14.5 Å². The average Bonchev–Trinajstić information content (AvgIpc) is 3.14. The zero-order chi connectivity index (χ0) is 18.1. The molecule has 0 atom stereocenters. The third kappa shape index (κ3) is 2.98. The smallest absolute Gasteiger partial charge is 0.325 e. The first-order valence-electron chi connectivity index (χ1n) is 7.32. The van der Waals surface area contributed by atoms with Gasteiger partial charge >= 0.3 is 5.97 Å². The standard InChI is InChI=1S/C16H16N2O6S/c1-17-10(15(20)18(16(17)25)7-14(19)22-3)4-9-5-12-13(24-8-23-12)6-11(9)21-2/h4-6H,7-8H2,1-3H3/b10-4-. The van der Waals surface area contributed by atoms with Crippen LogP contribution in [0.4, 0.5) is 0 Å². The van der Waals surface area contributed by atoms with E-state index in [1.807, 2.05) is 0 Å². The van der Waals surface area contributed by atoms with Crippen LogP contribution >= 0.6 is 12.2 Å². The van der Waals surface area contributed by atoms with Crippen LogP contribution in [0.3, 0.4) is 0 Å². The number of esters is 1. The van der Waals surface area contributed by atoms with Crippen LogP contribution in [0.2, 0.25) is 0 Å². The summed E-state index contributed by atoms with van der Waals surface area (Å²) in [6.45, 7) is -0.109. The monoisotopic (exact) mass is 364 g/mol. The molecule has 8 nitrogen and oxygen atoms in total. The summed E-state index contributed by atoms with van der Waals surface area (Å²) < 4.78 is 20.6. The second kappa shape index (κ2) is 6.60. The molecule has 0 aliphatic carbocycles. The summed E-state index contributed by atoms with van der Waals surface area (Å²) >= 11 is 5.25. The van der Waals surface area contributed by atoms with E-state index in [9.17, 15) is 9.59 Å². The minimum Gasteiger partial charge on any atom is -0.496 e. The molecule has 1 aromatic carbocycles. The zero-order valence-corrected chi connectivity index (χ0v) is 14.7. The summed E-state index contributed by atoms with van der Waals surface area (Å²) in [6.07, 6.45) is 1.63. The molecule has 0 N–H and O–H groups in total. The molecule has 0 unspecified atom stereocenters. The lowest BCUT2D eigenvalue weighted by Crippen LogP contribution is -2.36. The highest BCUT2D eigenvalue weighted by atomic mass is 32.1. The van der Waals surface area contributed by atoms with Crippen molar-refractivity contribution in [3.63, 3.8) is 0 Å². The van der Waals surface area contributed by atoms with Gasteiger partial charge < -0.3 is 23.8 Å². The molecular weight excluding hydrogens is 348 g/mol. The van der Waals surface area contributed by atoms with E-state index >= 15 is 0 Å². The average molecular weight is 364 g/mol. The molecule has 25 heavy (non-hydrogen) atoms. The van der Waals surface area contributed by atoms with Gasteiger partial charge in [0, 0.05) is 18.7 Å². The highest BCUT2D eigenvalue weighted by molar-refractivity contribution is 7.80. The van der Waals surface area contributed by atoms with E-state index in [1.165, 1.54) is 24.0 Å². The predicted molar refractivity (Wildman–Crippen MR) is 91.2 cm³/mol. The molecular formula is C16H16N2O6S. The van der Waals surface area contributed by atoms with E-state index in [4.69, 9.17) is 26.4 Å². The number of thiocarbonyl (C=S) groups is 1. The fourth-order valence-corrected chi connectivity index (χ4v) is 2.77. The molecule has 2 aliphatic rings. The molecule has 1 aromatic rings. The number of hydrogen-bond donors (Lipinski definition) is 0. The Balaban J connectivity index is 1.97. The van der Waals surface area contributed by atoms with Crippen LogP contribution in [0.15, 0.2) is 17.8 Å². The lowest BCUT2D eigenvalue weighted by molar-refractivity contribution is -0.143. The normalized spacial score (nSPS) is 17.5. The van der Waals surface area contributed by atoms with Crippen molar-refractivity contribution in [2.45, 2.75) is 0 Å². The van der Waals surface area contributed by atoms with Gasteiger partial charge in [-0.1, -0.05) is 0 Å². The van der Waals surface area contributed by atoms with Crippen molar-refractivity contribution in [1.82, 2.24) is 9.80 Å². The van der Waals surface area contributed by atoms with Crippen molar-refractivity contribution in [2.24, 2.45) is 0 Å². The van der Waals surface area contributed by atoms with Crippen molar-refractivity contribution in [3.8, 4) is 17.2 Å². The van der Waals surface area contributed by atoms with E-state index in [1.54, 1.807) is 25.3 Å². The molecule has 3 rings (SSSR count). The van der Waals surface area contributed by atoms with Gasteiger partial charge in [0.15, 0.2) is 16.6 Å². The number of likely N-dealkylation sites (N-methyl/N-ethyl adjacent to an activating group) is 1. The number of ether oxygens (including phenoxy) is 4. The number of carbonyl (C=O) groups is 2. The molecule has 0 radical (unpaired) electrons. The molecule has 2 aliphatic heterocycles. The Morgan fingerprint density at radius 2 is 2.00 bits per heavy atom. The fourth-order valence-electron chi connectivity index (χ4n) is 2.52. The van der Waals surface area contributed by atoms with E-state index < -0.39 is 11.9 Å². The van der Waals surface area contributed by atoms with Gasteiger partial charge in [-0.25, -0.2) is 0 Å². The molecule has 1 fully saturated rings. The largest absolute Gasteiger partial charge is 0.496 e. The van der Waals surface area contributed by atoms with Crippen molar-refractivity contribution < 1.29 is 28.5 Å². The first kappa shape index (κ1) is 17.0. The van der Waals surface area contributed by atoms with Gasteiger partial charge in [0.1, 0.15) is 18.0 Å². The molecule has 0 aromatic heterocycles. The molecule has 0 bridgehead atoms. The first-order chi connectivity index (χ1) is 12.0. The topological polar surface area (TPSA) is 77.5 Å². The summed E-state index contributed by atoms with van der Waals surface area (Å²) in [5.41, 5.74) is 0.940. The van der Waals surface area contributed by atoms with Crippen LogP contribution in [-0.4, -0.2) is 61.4 Å². The van der Waals surface area contributed by atoms with E-state index in [2.05, 4.69) is 4.74 Å². The molecule has 0 saturated carbocycles. The van der Waals surface area contributed by atoms with Crippen LogP contribution in [-0.2, 0) is 14.3 Å². The van der Waals surface area contributed by atoms with Crippen molar-refractivity contribution in [3.05, 3.63) is 23.4 Å². The maximum Gasteiger partial charge on any atom is 0.325 e. The number of carbonyl (C=O) groups excluding carboxylic acids is 2. The third-order valence-electron chi connectivity index (χ3n) is 3.88. The molecule has 9 heteroatoms. The van der Waals surface area contributed by atoms with E-state index in [0.29, 0.717) is 28.5 Å². The Labute approximate surface area is 149 Å². The molecule has 1 saturated heterocycles. The van der Waals surface area contributed by atoms with Crippen molar-refractivity contribution in [1.29, 1.82) is 0 Å². The second-order valence-electron chi connectivity index (χ2n) is 5.29. The number of benzene rings is 1. The van der Waals surface area contributed by atoms with Crippen LogP contribution < -0.4 is 14.2 Å². The van der Waals surface area contributed by atoms with Gasteiger partial charge in [-0.05, 0) is 24.4 Å². The Hall–Kier alpha value is -2.81. The lowest BCUT2D eigenvalue weighted by atomic mass is 10.1. The van der Waals surface area contributed by atoms with Crippen molar-refractivity contribution >= 4 is 35.3 Å². The number of nitrogens with zero attached hydrogens (tertiary/aromatic N) is 2. The zero-order valence-electron chi connectivity index (χ0n) is 13.9. The molecule has 132 valence electrons. The maximum atomic E-state index is 12.6. The number of rotatable bonds is 4. The van der Waals surface area contributed by atoms with Gasteiger partial charge in [-0.2, -0.15) is 0 Å². The van der Waals surface area contributed by atoms with Crippen molar-refractivity contribution in [2.75, 3.05) is 34.6 Å². The Kier molecular flexibility index (Phi) is 4.49. The van der Waals surface area contributed by atoms with Gasteiger partial charge in [0.25, 0.3) is 5.91 Å². The third-order valence-corrected chi connectivity index (χ3v) is 4.37. The van der Waals surface area contributed by atoms with Crippen LogP contribution in [0.1, 0.15) is 5.56 Å². The Morgan fingerprint density at radius 1 is 1.32 bits per heavy atom. The number of hydrogen-bond acceptors (Lipinski definition) is 7. The minimum absolute atomic E-state index is 0.133. The van der Waals surface area contributed by atoms with E-state index in [0.717, 1.165) is 0 Å². The lowest BCUT2D eigenvalue weighted by Gasteiger charge is -2.14. The molecule has 2 heterocycles. The summed E-state index contributed by atoms with van der Waals surface area (Å²) in [7, 11) is 4.43. The Morgan fingerprint density at radius 3 is 2.64 bits per heavy atom. The highest BCUT2D eigenvalue weighted by Crippen LogP contribution is 2.39. The molecule has 0 spiro atoms. The summed E-state index contributed by atoms with van der Waals surface area (Å²) in [5, 5.41) is 0.223. The summed E-state index contributed by atoms with van der Waals surface area (Å²) in [6, 6.07) is 3.42. The summed E-state index contributed by atoms with van der Waals surface area (Å²) in [5.74, 6) is 0.724.